The zero-order valence-electron chi connectivity index (χ0n) is 17.2. The largest absolute Gasteiger partial charge is 0.497 e. The van der Waals surface area contributed by atoms with E-state index in [1.165, 1.54) is 37.4 Å². The van der Waals surface area contributed by atoms with Crippen LogP contribution in [0.4, 0.5) is 10.1 Å². The van der Waals surface area contributed by atoms with Crippen molar-refractivity contribution in [3.05, 3.63) is 89.7 Å². The molecule has 0 spiro atoms. The van der Waals surface area contributed by atoms with E-state index in [0.717, 1.165) is 9.87 Å². The molecule has 162 valence electrons. The Labute approximate surface area is 181 Å². The zero-order chi connectivity index (χ0) is 22.4. The first-order valence-electron chi connectivity index (χ1n) is 9.54. The van der Waals surface area contributed by atoms with E-state index in [1.807, 2.05) is 6.92 Å². The van der Waals surface area contributed by atoms with E-state index in [2.05, 4.69) is 5.32 Å². The fraction of sp³-hybridized carbons (Fsp3) is 0.174. The first-order chi connectivity index (χ1) is 14.8. The Kier molecular flexibility index (Phi) is 7.04. The summed E-state index contributed by atoms with van der Waals surface area (Å²) in [6.45, 7) is 1.09. The smallest absolute Gasteiger partial charge is 0.243 e. The Morgan fingerprint density at radius 3 is 2.26 bits per heavy atom. The van der Waals surface area contributed by atoms with Crippen LogP contribution in [0.3, 0.4) is 0 Å². The molecule has 0 unspecified atom stereocenters. The number of hydrogen-bond donors (Lipinski definition) is 1. The van der Waals surface area contributed by atoms with Crippen LogP contribution in [0, 0.1) is 12.7 Å². The number of methoxy groups -OCH3 is 1. The number of amides is 1. The van der Waals surface area contributed by atoms with Gasteiger partial charge < -0.3 is 10.1 Å². The minimum Gasteiger partial charge on any atom is -0.497 e. The van der Waals surface area contributed by atoms with Gasteiger partial charge in [0.05, 0.1) is 18.6 Å². The van der Waals surface area contributed by atoms with Gasteiger partial charge in [-0.05, 0) is 49.4 Å². The fourth-order valence-corrected chi connectivity index (χ4v) is 4.31. The topological polar surface area (TPSA) is 75.7 Å². The van der Waals surface area contributed by atoms with Crippen molar-refractivity contribution in [2.75, 3.05) is 19.0 Å². The number of sulfonamides is 1. The zero-order valence-corrected chi connectivity index (χ0v) is 18.0. The molecule has 0 radical (unpaired) electrons. The van der Waals surface area contributed by atoms with E-state index >= 15 is 0 Å². The SMILES string of the molecule is COc1ccc(NC(=O)CN(Cc2ccccc2F)S(=O)(=O)c2ccc(C)cc2)cc1. The van der Waals surface area contributed by atoms with Gasteiger partial charge >= 0.3 is 0 Å². The normalized spacial score (nSPS) is 11.4. The van der Waals surface area contributed by atoms with Crippen LogP contribution in [0.5, 0.6) is 5.75 Å². The summed E-state index contributed by atoms with van der Waals surface area (Å²) in [5.74, 6) is -0.458. The number of benzene rings is 3. The number of halogens is 1. The average molecular weight is 443 g/mol. The molecule has 0 saturated carbocycles. The van der Waals surface area contributed by atoms with Gasteiger partial charge in [0, 0.05) is 17.8 Å². The number of carbonyl (C=O) groups excluding carboxylic acids is 1. The van der Waals surface area contributed by atoms with Crippen molar-refractivity contribution in [2.24, 2.45) is 0 Å². The van der Waals surface area contributed by atoms with E-state index in [0.29, 0.717) is 11.4 Å². The Hall–Kier alpha value is -3.23. The van der Waals surface area contributed by atoms with Gasteiger partial charge in [0.1, 0.15) is 11.6 Å². The second-order valence-corrected chi connectivity index (χ2v) is 8.89. The van der Waals surface area contributed by atoms with Crippen molar-refractivity contribution in [2.45, 2.75) is 18.4 Å². The van der Waals surface area contributed by atoms with Crippen molar-refractivity contribution in [3.63, 3.8) is 0 Å². The van der Waals surface area contributed by atoms with Crippen LogP contribution in [0.1, 0.15) is 11.1 Å². The van der Waals surface area contributed by atoms with Crippen LogP contribution >= 0.6 is 0 Å². The molecular weight excluding hydrogens is 419 g/mol. The van der Waals surface area contributed by atoms with Gasteiger partial charge in [0.25, 0.3) is 0 Å². The quantitative estimate of drug-likeness (QED) is 0.573. The van der Waals surface area contributed by atoms with Crippen molar-refractivity contribution in [3.8, 4) is 5.75 Å². The van der Waals surface area contributed by atoms with Gasteiger partial charge in [-0.15, -0.1) is 0 Å². The number of carbonyl (C=O) groups is 1. The molecular formula is C23H23FN2O4S. The van der Waals surface area contributed by atoms with Gasteiger partial charge in [-0.2, -0.15) is 4.31 Å². The summed E-state index contributed by atoms with van der Waals surface area (Å²) in [5.41, 5.74) is 1.57. The molecule has 0 saturated heterocycles. The Balaban J connectivity index is 1.86. The second-order valence-electron chi connectivity index (χ2n) is 6.95. The van der Waals surface area contributed by atoms with Gasteiger partial charge in [-0.25, -0.2) is 12.8 Å². The summed E-state index contributed by atoms with van der Waals surface area (Å²) in [7, 11) is -2.51. The Morgan fingerprint density at radius 1 is 1.00 bits per heavy atom. The molecule has 3 aromatic carbocycles. The highest BCUT2D eigenvalue weighted by Crippen LogP contribution is 2.21. The number of anilines is 1. The Bertz CT molecular complexity index is 1150. The van der Waals surface area contributed by atoms with Gasteiger partial charge in [-0.3, -0.25) is 4.79 Å². The predicted molar refractivity (Wildman–Crippen MR) is 117 cm³/mol. The van der Waals surface area contributed by atoms with E-state index in [4.69, 9.17) is 4.74 Å². The van der Waals surface area contributed by atoms with Crippen LogP contribution < -0.4 is 10.1 Å². The van der Waals surface area contributed by atoms with E-state index < -0.39 is 28.3 Å². The van der Waals surface area contributed by atoms with Gasteiger partial charge in [0.15, 0.2) is 0 Å². The van der Waals surface area contributed by atoms with Crippen LogP contribution in [0.2, 0.25) is 0 Å². The third kappa shape index (κ3) is 5.68. The summed E-state index contributed by atoms with van der Waals surface area (Å²) in [6.07, 6.45) is 0. The molecule has 1 amide bonds. The van der Waals surface area contributed by atoms with Crippen LogP contribution in [-0.4, -0.2) is 32.3 Å². The summed E-state index contributed by atoms with van der Waals surface area (Å²) in [5, 5.41) is 2.66. The second kappa shape index (κ2) is 9.72. The third-order valence-electron chi connectivity index (χ3n) is 4.66. The highest BCUT2D eigenvalue weighted by atomic mass is 32.2. The van der Waals surface area contributed by atoms with E-state index in [9.17, 15) is 17.6 Å². The monoisotopic (exact) mass is 442 g/mol. The molecule has 0 bridgehead atoms. The lowest BCUT2D eigenvalue weighted by Gasteiger charge is -2.22. The molecule has 3 rings (SSSR count). The molecule has 6 nitrogen and oxygen atoms in total. The molecule has 0 aliphatic heterocycles. The van der Waals surface area contributed by atoms with E-state index in [1.54, 1.807) is 42.5 Å². The molecule has 0 heterocycles. The minimum atomic E-state index is -4.04. The number of aryl methyl sites for hydroxylation is 1. The maximum absolute atomic E-state index is 14.2. The lowest BCUT2D eigenvalue weighted by atomic mass is 10.2. The molecule has 1 N–H and O–H groups in total. The van der Waals surface area contributed by atoms with Crippen LogP contribution in [0.15, 0.2) is 77.7 Å². The molecule has 0 fully saturated rings. The maximum atomic E-state index is 14.2. The number of nitrogens with zero attached hydrogens (tertiary/aromatic N) is 1. The van der Waals surface area contributed by atoms with Crippen molar-refractivity contribution < 1.29 is 22.3 Å². The summed E-state index contributed by atoms with van der Waals surface area (Å²) < 4.78 is 46.7. The lowest BCUT2D eigenvalue weighted by molar-refractivity contribution is -0.116. The maximum Gasteiger partial charge on any atom is 0.243 e. The highest BCUT2D eigenvalue weighted by molar-refractivity contribution is 7.89. The summed E-state index contributed by atoms with van der Waals surface area (Å²) in [6, 6.07) is 18.8. The van der Waals surface area contributed by atoms with Crippen LogP contribution in [0.25, 0.3) is 0 Å². The number of nitrogens with one attached hydrogen (secondary N) is 1. The Morgan fingerprint density at radius 2 is 1.65 bits per heavy atom. The fourth-order valence-electron chi connectivity index (χ4n) is 2.94. The standard InChI is InChI=1S/C23H23FN2O4S/c1-17-7-13-21(14-8-17)31(28,29)26(15-18-5-3-4-6-22(18)24)16-23(27)25-19-9-11-20(30-2)12-10-19/h3-14H,15-16H2,1-2H3,(H,25,27). The molecule has 0 atom stereocenters. The molecule has 8 heteroatoms. The molecule has 3 aromatic rings. The van der Waals surface area contributed by atoms with Crippen molar-refractivity contribution in [1.82, 2.24) is 4.31 Å². The summed E-state index contributed by atoms with van der Waals surface area (Å²) >= 11 is 0. The van der Waals surface area contributed by atoms with Crippen LogP contribution in [-0.2, 0) is 21.4 Å². The molecule has 0 aromatic heterocycles. The molecule has 0 aliphatic rings. The van der Waals surface area contributed by atoms with Gasteiger partial charge in [0.2, 0.25) is 15.9 Å². The van der Waals surface area contributed by atoms with Crippen molar-refractivity contribution in [1.29, 1.82) is 0 Å². The molecule has 31 heavy (non-hydrogen) atoms. The lowest BCUT2D eigenvalue weighted by Crippen LogP contribution is -2.37. The predicted octanol–water partition coefficient (Wildman–Crippen LogP) is 3.97. The minimum absolute atomic E-state index is 0.0340. The first kappa shape index (κ1) is 22.5. The first-order valence-corrected chi connectivity index (χ1v) is 11.0. The number of rotatable bonds is 8. The van der Waals surface area contributed by atoms with Crippen molar-refractivity contribution >= 4 is 21.6 Å². The number of ether oxygens (including phenoxy) is 1. The third-order valence-corrected chi connectivity index (χ3v) is 6.46. The average Bonchev–Trinajstić information content (AvgIpc) is 2.75. The van der Waals surface area contributed by atoms with Gasteiger partial charge in [-0.1, -0.05) is 35.9 Å². The number of hydrogen-bond acceptors (Lipinski definition) is 4. The summed E-state index contributed by atoms with van der Waals surface area (Å²) in [4.78, 5) is 12.7. The highest BCUT2D eigenvalue weighted by Gasteiger charge is 2.27. The van der Waals surface area contributed by atoms with E-state index in [-0.39, 0.29) is 17.0 Å². The molecule has 0 aliphatic carbocycles.